The van der Waals surface area contributed by atoms with Gasteiger partial charge in [-0.05, 0) is 31.5 Å². The lowest BCUT2D eigenvalue weighted by Crippen LogP contribution is -2.25. The SMILES string of the molecule is Cl.Cl.NCCCCNC(=O)c1csc(-c2ccc(Cl)cc2)n1. The van der Waals surface area contributed by atoms with Crippen molar-refractivity contribution in [2.45, 2.75) is 12.8 Å². The van der Waals surface area contributed by atoms with Crippen LogP contribution in [0.5, 0.6) is 0 Å². The first-order valence-corrected chi connectivity index (χ1v) is 7.66. The Hall–Kier alpha value is -0.850. The number of halogens is 3. The molecule has 0 saturated heterocycles. The van der Waals surface area contributed by atoms with E-state index in [9.17, 15) is 4.79 Å². The fraction of sp³-hybridized carbons (Fsp3) is 0.286. The number of carbonyl (C=O) groups excluding carboxylic acids is 1. The van der Waals surface area contributed by atoms with Gasteiger partial charge in [0.25, 0.3) is 5.91 Å². The van der Waals surface area contributed by atoms with Crippen LogP contribution < -0.4 is 11.1 Å². The Morgan fingerprint density at radius 2 is 1.91 bits per heavy atom. The van der Waals surface area contributed by atoms with Crippen LogP contribution in [-0.4, -0.2) is 24.0 Å². The molecule has 0 atom stereocenters. The van der Waals surface area contributed by atoms with Gasteiger partial charge in [0, 0.05) is 22.5 Å². The summed E-state index contributed by atoms with van der Waals surface area (Å²) < 4.78 is 0. The Balaban J connectivity index is 0.00000220. The number of amides is 1. The fourth-order valence-electron chi connectivity index (χ4n) is 1.66. The Kier molecular flexibility index (Phi) is 10.4. The molecule has 0 unspecified atom stereocenters. The maximum absolute atomic E-state index is 11.9. The van der Waals surface area contributed by atoms with Crippen molar-refractivity contribution >= 4 is 53.7 Å². The highest BCUT2D eigenvalue weighted by molar-refractivity contribution is 7.13. The van der Waals surface area contributed by atoms with E-state index in [4.69, 9.17) is 17.3 Å². The van der Waals surface area contributed by atoms with Gasteiger partial charge in [-0.15, -0.1) is 36.2 Å². The van der Waals surface area contributed by atoms with Crippen molar-refractivity contribution in [3.8, 4) is 10.6 Å². The van der Waals surface area contributed by atoms with E-state index in [1.807, 2.05) is 24.3 Å². The zero-order valence-corrected chi connectivity index (χ0v) is 15.0. The molecule has 1 heterocycles. The summed E-state index contributed by atoms with van der Waals surface area (Å²) in [4.78, 5) is 16.2. The molecule has 0 aliphatic heterocycles. The second kappa shape index (κ2) is 10.8. The third kappa shape index (κ3) is 6.10. The van der Waals surface area contributed by atoms with Gasteiger partial charge in [-0.2, -0.15) is 0 Å². The zero-order valence-electron chi connectivity index (χ0n) is 11.8. The molecular formula is C14H18Cl3N3OS. The Morgan fingerprint density at radius 3 is 2.55 bits per heavy atom. The van der Waals surface area contributed by atoms with E-state index in [0.717, 1.165) is 23.4 Å². The number of aromatic nitrogens is 1. The topological polar surface area (TPSA) is 68.0 Å². The van der Waals surface area contributed by atoms with Crippen molar-refractivity contribution < 1.29 is 4.79 Å². The fourth-order valence-corrected chi connectivity index (χ4v) is 2.60. The van der Waals surface area contributed by atoms with E-state index in [1.54, 1.807) is 5.38 Å². The Morgan fingerprint density at radius 1 is 1.23 bits per heavy atom. The van der Waals surface area contributed by atoms with E-state index in [0.29, 0.717) is 23.8 Å². The average Bonchev–Trinajstić information content (AvgIpc) is 2.94. The molecule has 1 aromatic carbocycles. The zero-order chi connectivity index (χ0) is 14.4. The molecule has 0 spiro atoms. The van der Waals surface area contributed by atoms with Gasteiger partial charge < -0.3 is 11.1 Å². The first-order valence-electron chi connectivity index (χ1n) is 6.40. The van der Waals surface area contributed by atoms with Crippen molar-refractivity contribution in [2.75, 3.05) is 13.1 Å². The largest absolute Gasteiger partial charge is 0.351 e. The van der Waals surface area contributed by atoms with E-state index < -0.39 is 0 Å². The summed E-state index contributed by atoms with van der Waals surface area (Å²) in [5.41, 5.74) is 6.81. The van der Waals surface area contributed by atoms with E-state index in [2.05, 4.69) is 10.3 Å². The van der Waals surface area contributed by atoms with Crippen molar-refractivity contribution in [3.63, 3.8) is 0 Å². The van der Waals surface area contributed by atoms with Crippen LogP contribution in [0.15, 0.2) is 29.6 Å². The molecule has 8 heteroatoms. The number of rotatable bonds is 6. The molecule has 122 valence electrons. The highest BCUT2D eigenvalue weighted by atomic mass is 35.5. The third-order valence-electron chi connectivity index (χ3n) is 2.74. The van der Waals surface area contributed by atoms with Crippen LogP contribution in [-0.2, 0) is 0 Å². The Labute approximate surface area is 151 Å². The van der Waals surface area contributed by atoms with E-state index >= 15 is 0 Å². The summed E-state index contributed by atoms with van der Waals surface area (Å²) in [6.45, 7) is 1.27. The summed E-state index contributed by atoms with van der Waals surface area (Å²) in [5, 5.41) is 6.10. The number of carbonyl (C=O) groups is 1. The van der Waals surface area contributed by atoms with Crippen LogP contribution in [0.25, 0.3) is 10.6 Å². The number of thiazole rings is 1. The smallest absolute Gasteiger partial charge is 0.270 e. The molecule has 0 radical (unpaired) electrons. The van der Waals surface area contributed by atoms with Crippen LogP contribution in [0.4, 0.5) is 0 Å². The normalized spacial score (nSPS) is 9.55. The van der Waals surface area contributed by atoms with Crippen LogP contribution in [0.2, 0.25) is 5.02 Å². The summed E-state index contributed by atoms with van der Waals surface area (Å²) in [6.07, 6.45) is 1.80. The third-order valence-corrected chi connectivity index (χ3v) is 3.89. The lowest BCUT2D eigenvalue weighted by Gasteiger charge is -2.01. The number of benzene rings is 1. The van der Waals surface area contributed by atoms with Crippen LogP contribution in [0.1, 0.15) is 23.3 Å². The van der Waals surface area contributed by atoms with Gasteiger partial charge in [0.2, 0.25) is 0 Å². The van der Waals surface area contributed by atoms with Gasteiger partial charge in [0.1, 0.15) is 10.7 Å². The molecule has 0 aliphatic carbocycles. The molecule has 1 aromatic heterocycles. The minimum atomic E-state index is -0.140. The monoisotopic (exact) mass is 381 g/mol. The van der Waals surface area contributed by atoms with Crippen molar-refractivity contribution in [1.29, 1.82) is 0 Å². The first-order chi connectivity index (χ1) is 9.70. The highest BCUT2D eigenvalue weighted by Gasteiger charge is 2.11. The van der Waals surface area contributed by atoms with Gasteiger partial charge in [-0.3, -0.25) is 4.79 Å². The van der Waals surface area contributed by atoms with Crippen LogP contribution in [0.3, 0.4) is 0 Å². The molecule has 1 amide bonds. The quantitative estimate of drug-likeness (QED) is 0.747. The standard InChI is InChI=1S/C14H16ClN3OS.2ClH/c15-11-5-3-10(4-6-11)14-18-12(9-20-14)13(19)17-8-2-1-7-16;;/h3-6,9H,1-2,7-8,16H2,(H,17,19);2*1H. The van der Waals surface area contributed by atoms with Crippen molar-refractivity contribution in [2.24, 2.45) is 5.73 Å². The molecule has 2 rings (SSSR count). The summed E-state index contributed by atoms with van der Waals surface area (Å²) in [7, 11) is 0. The predicted molar refractivity (Wildman–Crippen MR) is 97.7 cm³/mol. The number of nitrogens with one attached hydrogen (secondary N) is 1. The molecule has 0 fully saturated rings. The number of hydrogen-bond acceptors (Lipinski definition) is 4. The molecular weight excluding hydrogens is 365 g/mol. The molecule has 22 heavy (non-hydrogen) atoms. The molecule has 0 saturated carbocycles. The van der Waals surface area contributed by atoms with Crippen molar-refractivity contribution in [3.05, 3.63) is 40.4 Å². The number of hydrogen-bond donors (Lipinski definition) is 2. The second-order valence-electron chi connectivity index (χ2n) is 4.30. The van der Waals surface area contributed by atoms with Gasteiger partial charge >= 0.3 is 0 Å². The molecule has 0 bridgehead atoms. The molecule has 2 aromatic rings. The Bertz CT molecular complexity index is 575. The minimum absolute atomic E-state index is 0. The average molecular weight is 383 g/mol. The highest BCUT2D eigenvalue weighted by Crippen LogP contribution is 2.25. The van der Waals surface area contributed by atoms with Crippen LogP contribution in [0, 0.1) is 0 Å². The molecule has 4 nitrogen and oxygen atoms in total. The summed E-state index contributed by atoms with van der Waals surface area (Å²) in [6, 6.07) is 7.41. The number of nitrogens with two attached hydrogens (primary N) is 1. The first kappa shape index (κ1) is 21.1. The van der Waals surface area contributed by atoms with Gasteiger partial charge in [-0.1, -0.05) is 23.7 Å². The van der Waals surface area contributed by atoms with Crippen molar-refractivity contribution in [1.82, 2.24) is 10.3 Å². The lowest BCUT2D eigenvalue weighted by atomic mass is 10.2. The predicted octanol–water partition coefficient (Wildman–Crippen LogP) is 3.78. The van der Waals surface area contributed by atoms with Gasteiger partial charge in [0.15, 0.2) is 0 Å². The maximum atomic E-state index is 11.9. The van der Waals surface area contributed by atoms with Gasteiger partial charge in [-0.25, -0.2) is 4.98 Å². The van der Waals surface area contributed by atoms with E-state index in [1.165, 1.54) is 11.3 Å². The second-order valence-corrected chi connectivity index (χ2v) is 5.59. The van der Waals surface area contributed by atoms with E-state index in [-0.39, 0.29) is 30.7 Å². The minimum Gasteiger partial charge on any atom is -0.351 e. The van der Waals surface area contributed by atoms with Gasteiger partial charge in [0.05, 0.1) is 0 Å². The molecule has 0 aliphatic rings. The summed E-state index contributed by atoms with van der Waals surface area (Å²) in [5.74, 6) is -0.140. The maximum Gasteiger partial charge on any atom is 0.270 e. The summed E-state index contributed by atoms with van der Waals surface area (Å²) >= 11 is 7.29. The number of unbranched alkanes of at least 4 members (excludes halogenated alkanes) is 1. The number of nitrogens with zero attached hydrogens (tertiary/aromatic N) is 1. The lowest BCUT2D eigenvalue weighted by molar-refractivity contribution is 0.0949. The molecule has 3 N–H and O–H groups in total. The van der Waals surface area contributed by atoms with Crippen LogP contribution >= 0.6 is 47.8 Å².